The molecule has 2 unspecified atom stereocenters. The van der Waals surface area contributed by atoms with E-state index in [0.717, 1.165) is 0 Å². The van der Waals surface area contributed by atoms with Gasteiger partial charge in [-0.15, -0.1) is 0 Å². The van der Waals surface area contributed by atoms with Gasteiger partial charge >= 0.3 is 6.09 Å². The van der Waals surface area contributed by atoms with E-state index in [4.69, 9.17) is 33.7 Å². The molecule has 0 aromatic heterocycles. The van der Waals surface area contributed by atoms with Crippen molar-refractivity contribution in [2.75, 3.05) is 7.11 Å². The Balaban J connectivity index is 2.46. The van der Waals surface area contributed by atoms with Crippen molar-refractivity contribution >= 4 is 35.2 Å². The molecule has 8 heteroatoms. The predicted molar refractivity (Wildman–Crippen MR) is 82.5 cm³/mol. The van der Waals surface area contributed by atoms with Crippen molar-refractivity contribution in [2.45, 2.75) is 31.3 Å². The lowest BCUT2D eigenvalue weighted by atomic mass is 10.0. The molecule has 0 radical (unpaired) electrons. The van der Waals surface area contributed by atoms with Gasteiger partial charge in [0.15, 0.2) is 0 Å². The topological polar surface area (TPSA) is 92.9 Å². The van der Waals surface area contributed by atoms with Gasteiger partial charge in [0.2, 0.25) is 5.91 Å². The lowest BCUT2D eigenvalue weighted by Crippen LogP contribution is -2.38. The molecular weight excluding hydrogens is 331 g/mol. The van der Waals surface area contributed by atoms with Gasteiger partial charge in [0.1, 0.15) is 5.75 Å². The van der Waals surface area contributed by atoms with Crippen molar-refractivity contribution in [3.05, 3.63) is 27.7 Å². The molecule has 1 aliphatic rings. The third-order valence-corrected chi connectivity index (χ3v) is 4.62. The van der Waals surface area contributed by atoms with Gasteiger partial charge < -0.3 is 15.6 Å². The summed E-state index contributed by atoms with van der Waals surface area (Å²) < 4.78 is 5.28. The van der Waals surface area contributed by atoms with E-state index in [0.29, 0.717) is 29.2 Å². The first kappa shape index (κ1) is 16.7. The molecule has 1 fully saturated rings. The van der Waals surface area contributed by atoms with E-state index in [1.165, 1.54) is 12.0 Å². The number of carbonyl (C=O) groups is 2. The molecule has 2 rings (SSSR count). The van der Waals surface area contributed by atoms with E-state index in [1.807, 2.05) is 0 Å². The zero-order valence-corrected chi connectivity index (χ0v) is 13.4. The number of ether oxygens (including phenoxy) is 1. The molecule has 120 valence electrons. The van der Waals surface area contributed by atoms with Crippen molar-refractivity contribution in [1.29, 1.82) is 0 Å². The maximum Gasteiger partial charge on any atom is 0.408 e. The standard InChI is InChI=1S/C14H16Cl2N2O4/c1-22-10-5-3-8(15)13(16)12(10)9-4-2-7(6-11(17)19)18(9)14(20)21/h3,5,7,9H,2,4,6H2,1H3,(H2,17,19)(H,20,21). The number of benzene rings is 1. The number of nitrogens with zero attached hydrogens (tertiary/aromatic N) is 1. The molecule has 0 spiro atoms. The van der Waals surface area contributed by atoms with Crippen LogP contribution in [0, 0.1) is 0 Å². The summed E-state index contributed by atoms with van der Waals surface area (Å²) in [7, 11) is 1.48. The van der Waals surface area contributed by atoms with Crippen LogP contribution < -0.4 is 10.5 Å². The minimum absolute atomic E-state index is 0.0245. The van der Waals surface area contributed by atoms with Crippen LogP contribution >= 0.6 is 23.2 Å². The highest BCUT2D eigenvalue weighted by atomic mass is 35.5. The van der Waals surface area contributed by atoms with Crippen LogP contribution in [0.4, 0.5) is 4.79 Å². The van der Waals surface area contributed by atoms with Crippen LogP contribution in [0.1, 0.15) is 30.9 Å². The van der Waals surface area contributed by atoms with E-state index in [1.54, 1.807) is 12.1 Å². The number of nitrogens with two attached hydrogens (primary N) is 1. The van der Waals surface area contributed by atoms with Crippen LogP contribution in [-0.2, 0) is 4.79 Å². The second kappa shape index (κ2) is 6.62. The average Bonchev–Trinajstić information content (AvgIpc) is 2.84. The number of carbonyl (C=O) groups excluding carboxylic acids is 1. The van der Waals surface area contributed by atoms with Crippen LogP contribution in [0.2, 0.25) is 10.0 Å². The monoisotopic (exact) mass is 346 g/mol. The van der Waals surface area contributed by atoms with E-state index >= 15 is 0 Å². The van der Waals surface area contributed by atoms with Gasteiger partial charge in [0.05, 0.1) is 23.2 Å². The lowest BCUT2D eigenvalue weighted by Gasteiger charge is -2.29. The molecule has 1 saturated heterocycles. The Morgan fingerprint density at radius 2 is 2.09 bits per heavy atom. The first-order chi connectivity index (χ1) is 10.4. The van der Waals surface area contributed by atoms with Crippen LogP contribution in [0.15, 0.2) is 12.1 Å². The molecule has 0 bridgehead atoms. The summed E-state index contributed by atoms with van der Waals surface area (Å²) in [5, 5.41) is 10.1. The Bertz CT molecular complexity index is 609. The molecule has 22 heavy (non-hydrogen) atoms. The summed E-state index contributed by atoms with van der Waals surface area (Å²) in [4.78, 5) is 24.0. The van der Waals surface area contributed by atoms with Crippen molar-refractivity contribution in [1.82, 2.24) is 4.90 Å². The zero-order chi connectivity index (χ0) is 16.4. The van der Waals surface area contributed by atoms with Gasteiger partial charge in [-0.2, -0.15) is 0 Å². The molecule has 1 aromatic rings. The van der Waals surface area contributed by atoms with E-state index in [9.17, 15) is 14.7 Å². The second-order valence-electron chi connectivity index (χ2n) is 5.08. The lowest BCUT2D eigenvalue weighted by molar-refractivity contribution is -0.118. The van der Waals surface area contributed by atoms with Crippen molar-refractivity contribution < 1.29 is 19.4 Å². The van der Waals surface area contributed by atoms with E-state index in [-0.39, 0.29) is 11.4 Å². The number of halogens is 2. The van der Waals surface area contributed by atoms with Gasteiger partial charge in [0, 0.05) is 18.0 Å². The van der Waals surface area contributed by atoms with Crippen LogP contribution in [0.25, 0.3) is 0 Å². The van der Waals surface area contributed by atoms with E-state index < -0.39 is 24.1 Å². The Labute approximate surface area is 137 Å². The molecule has 2 atom stereocenters. The van der Waals surface area contributed by atoms with Gasteiger partial charge in [-0.05, 0) is 25.0 Å². The summed E-state index contributed by atoms with van der Waals surface area (Å²) in [6, 6.07) is 2.24. The fourth-order valence-corrected chi connectivity index (χ4v) is 3.37. The molecule has 6 nitrogen and oxygen atoms in total. The molecule has 2 amide bonds. The number of likely N-dealkylation sites (tertiary alicyclic amines) is 1. The highest BCUT2D eigenvalue weighted by Gasteiger charge is 2.40. The summed E-state index contributed by atoms with van der Waals surface area (Å²) >= 11 is 12.3. The van der Waals surface area contributed by atoms with Crippen molar-refractivity contribution in [3.63, 3.8) is 0 Å². The minimum atomic E-state index is -1.13. The quantitative estimate of drug-likeness (QED) is 0.875. The summed E-state index contributed by atoms with van der Waals surface area (Å²) in [6.07, 6.45) is -0.123. The Morgan fingerprint density at radius 3 is 2.64 bits per heavy atom. The van der Waals surface area contributed by atoms with Gasteiger partial charge in [-0.3, -0.25) is 9.69 Å². The van der Waals surface area contributed by atoms with Crippen LogP contribution in [0.3, 0.4) is 0 Å². The molecule has 1 heterocycles. The fraction of sp³-hybridized carbons (Fsp3) is 0.429. The number of rotatable bonds is 4. The summed E-state index contributed by atoms with van der Waals surface area (Å²) in [5.41, 5.74) is 5.72. The molecule has 0 aliphatic carbocycles. The minimum Gasteiger partial charge on any atom is -0.496 e. The number of hydrogen-bond donors (Lipinski definition) is 2. The highest BCUT2D eigenvalue weighted by Crippen LogP contribution is 2.46. The number of carboxylic acid groups (broad SMARTS) is 1. The van der Waals surface area contributed by atoms with Gasteiger partial charge in [-0.25, -0.2) is 4.79 Å². The molecule has 1 aromatic carbocycles. The SMILES string of the molecule is COc1ccc(Cl)c(Cl)c1C1CCC(CC(N)=O)N1C(=O)O. The third-order valence-electron chi connectivity index (χ3n) is 3.81. The first-order valence-electron chi connectivity index (χ1n) is 6.68. The smallest absolute Gasteiger partial charge is 0.408 e. The van der Waals surface area contributed by atoms with Crippen LogP contribution in [0.5, 0.6) is 5.75 Å². The number of primary amides is 1. The largest absolute Gasteiger partial charge is 0.496 e. The first-order valence-corrected chi connectivity index (χ1v) is 7.43. The molecular formula is C14H16Cl2N2O4. The van der Waals surface area contributed by atoms with Crippen LogP contribution in [-0.4, -0.2) is 35.2 Å². The number of amides is 2. The maximum absolute atomic E-state index is 11.6. The Kier molecular flexibility index (Phi) is 5.03. The fourth-order valence-electron chi connectivity index (χ4n) is 2.93. The van der Waals surface area contributed by atoms with Crippen molar-refractivity contribution in [2.24, 2.45) is 5.73 Å². The predicted octanol–water partition coefficient (Wildman–Crippen LogP) is 3.06. The molecule has 0 saturated carbocycles. The maximum atomic E-state index is 11.6. The third kappa shape index (κ3) is 3.08. The average molecular weight is 347 g/mol. The van der Waals surface area contributed by atoms with Crippen molar-refractivity contribution in [3.8, 4) is 5.75 Å². The zero-order valence-electron chi connectivity index (χ0n) is 11.9. The summed E-state index contributed by atoms with van der Waals surface area (Å²) in [5.74, 6) is -0.0774. The second-order valence-corrected chi connectivity index (χ2v) is 5.87. The normalized spacial score (nSPS) is 21.0. The highest BCUT2D eigenvalue weighted by molar-refractivity contribution is 6.42. The van der Waals surface area contributed by atoms with Gasteiger partial charge in [-0.1, -0.05) is 23.2 Å². The van der Waals surface area contributed by atoms with E-state index in [2.05, 4.69) is 0 Å². The molecule has 3 N–H and O–H groups in total. The summed E-state index contributed by atoms with van der Waals surface area (Å²) in [6.45, 7) is 0. The molecule has 1 aliphatic heterocycles. The number of hydrogen-bond acceptors (Lipinski definition) is 3. The Hall–Kier alpha value is -1.66. The number of methoxy groups -OCH3 is 1. The van der Waals surface area contributed by atoms with Gasteiger partial charge in [0.25, 0.3) is 0 Å². The Morgan fingerprint density at radius 1 is 1.41 bits per heavy atom.